The number of rotatable bonds is 7. The third-order valence-corrected chi connectivity index (χ3v) is 3.87. The van der Waals surface area contributed by atoms with Crippen molar-refractivity contribution in [2.45, 2.75) is 19.5 Å². The normalized spacial score (nSPS) is 18.4. The number of nitrogens with zero attached hydrogens (tertiary/aromatic N) is 2. The van der Waals surface area contributed by atoms with Crippen LogP contribution in [0.25, 0.3) is 0 Å². The van der Waals surface area contributed by atoms with Crippen molar-refractivity contribution >= 4 is 5.90 Å². The lowest BCUT2D eigenvalue weighted by Crippen LogP contribution is -2.49. The zero-order valence-corrected chi connectivity index (χ0v) is 14.4. The van der Waals surface area contributed by atoms with Gasteiger partial charge in [0, 0.05) is 31.8 Å². The zero-order chi connectivity index (χ0) is 16.7. The molecule has 1 heterocycles. The fourth-order valence-electron chi connectivity index (χ4n) is 2.72. The Morgan fingerprint density at radius 3 is 2.70 bits per heavy atom. The van der Waals surface area contributed by atoms with Crippen LogP contribution in [0.15, 0.2) is 23.2 Å². The molecule has 0 amide bonds. The Bertz CT molecular complexity index is 533. The molecule has 0 fully saturated rings. The summed E-state index contributed by atoms with van der Waals surface area (Å²) in [6.45, 7) is 5.47. The lowest BCUT2D eigenvalue weighted by atomic mass is 10.1. The SMILES string of the molecule is CCOC1=NCCN(Cc2ccc(OC)cc2OC)C1COC. The van der Waals surface area contributed by atoms with Crippen LogP contribution in [0.5, 0.6) is 11.5 Å². The van der Waals surface area contributed by atoms with Crippen LogP contribution in [0.3, 0.4) is 0 Å². The van der Waals surface area contributed by atoms with Gasteiger partial charge >= 0.3 is 0 Å². The van der Waals surface area contributed by atoms with Gasteiger partial charge in [0.05, 0.1) is 34.0 Å². The summed E-state index contributed by atoms with van der Waals surface area (Å²) in [5, 5.41) is 0. The molecule has 1 aromatic rings. The van der Waals surface area contributed by atoms with Gasteiger partial charge in [0.1, 0.15) is 17.5 Å². The molecule has 1 aliphatic rings. The molecule has 0 N–H and O–H groups in total. The molecule has 23 heavy (non-hydrogen) atoms. The van der Waals surface area contributed by atoms with Gasteiger partial charge in [-0.15, -0.1) is 0 Å². The highest BCUT2D eigenvalue weighted by atomic mass is 16.5. The van der Waals surface area contributed by atoms with Crippen LogP contribution in [0, 0.1) is 0 Å². The first-order valence-electron chi connectivity index (χ1n) is 7.84. The molecule has 128 valence electrons. The predicted octanol–water partition coefficient (Wildman–Crippen LogP) is 1.97. The highest BCUT2D eigenvalue weighted by Crippen LogP contribution is 2.27. The van der Waals surface area contributed by atoms with Crippen LogP contribution in [0.4, 0.5) is 0 Å². The predicted molar refractivity (Wildman–Crippen MR) is 89.5 cm³/mol. The molecule has 1 aromatic carbocycles. The van der Waals surface area contributed by atoms with Crippen LogP contribution in [0.1, 0.15) is 12.5 Å². The Morgan fingerprint density at radius 1 is 1.22 bits per heavy atom. The first-order chi connectivity index (χ1) is 11.2. The maximum absolute atomic E-state index is 5.69. The van der Waals surface area contributed by atoms with E-state index >= 15 is 0 Å². The van der Waals surface area contributed by atoms with Crippen molar-refractivity contribution in [3.63, 3.8) is 0 Å². The number of methoxy groups -OCH3 is 3. The van der Waals surface area contributed by atoms with Gasteiger partial charge in [-0.05, 0) is 13.0 Å². The summed E-state index contributed by atoms with van der Waals surface area (Å²) in [6, 6.07) is 5.92. The second kappa shape index (κ2) is 8.74. The van der Waals surface area contributed by atoms with Gasteiger partial charge in [0.15, 0.2) is 0 Å². The van der Waals surface area contributed by atoms with Crippen molar-refractivity contribution < 1.29 is 18.9 Å². The Labute approximate surface area is 138 Å². The molecule has 0 bridgehead atoms. The number of ether oxygens (including phenoxy) is 4. The van der Waals surface area contributed by atoms with E-state index in [9.17, 15) is 0 Å². The van der Waals surface area contributed by atoms with E-state index in [-0.39, 0.29) is 6.04 Å². The molecule has 0 spiro atoms. The number of hydrogen-bond acceptors (Lipinski definition) is 6. The van der Waals surface area contributed by atoms with E-state index in [0.29, 0.717) is 13.2 Å². The Kier molecular flexibility index (Phi) is 6.67. The Balaban J connectivity index is 2.18. The first-order valence-corrected chi connectivity index (χ1v) is 7.84. The van der Waals surface area contributed by atoms with Gasteiger partial charge in [-0.1, -0.05) is 6.07 Å². The van der Waals surface area contributed by atoms with Gasteiger partial charge < -0.3 is 18.9 Å². The minimum atomic E-state index is 0.0282. The van der Waals surface area contributed by atoms with Gasteiger partial charge in [-0.2, -0.15) is 0 Å². The summed E-state index contributed by atoms with van der Waals surface area (Å²) < 4.78 is 21.8. The van der Waals surface area contributed by atoms with E-state index in [2.05, 4.69) is 9.89 Å². The van der Waals surface area contributed by atoms with E-state index in [1.165, 1.54) is 0 Å². The molecule has 0 aromatic heterocycles. The fourth-order valence-corrected chi connectivity index (χ4v) is 2.72. The second-order valence-electron chi connectivity index (χ2n) is 5.27. The molecule has 1 unspecified atom stereocenters. The Hall–Kier alpha value is -1.79. The van der Waals surface area contributed by atoms with Gasteiger partial charge in [0.25, 0.3) is 0 Å². The van der Waals surface area contributed by atoms with Gasteiger partial charge in [-0.3, -0.25) is 9.89 Å². The lowest BCUT2D eigenvalue weighted by molar-refractivity contribution is 0.0965. The fraction of sp³-hybridized carbons (Fsp3) is 0.588. The van der Waals surface area contributed by atoms with E-state index in [1.54, 1.807) is 21.3 Å². The van der Waals surface area contributed by atoms with Gasteiger partial charge in [-0.25, -0.2) is 0 Å². The molecule has 6 heteroatoms. The molecule has 0 aliphatic carbocycles. The maximum atomic E-state index is 5.69. The van der Waals surface area contributed by atoms with Crippen molar-refractivity contribution in [3.05, 3.63) is 23.8 Å². The number of hydrogen-bond donors (Lipinski definition) is 0. The standard InChI is InChI=1S/C17H26N2O4/c1-5-23-17-15(12-20-2)19(9-8-18-17)11-13-6-7-14(21-3)10-16(13)22-4/h6-7,10,15H,5,8-9,11-12H2,1-4H3. The van der Waals surface area contributed by atoms with Crippen LogP contribution in [-0.2, 0) is 16.0 Å². The molecule has 0 saturated heterocycles. The van der Waals surface area contributed by atoms with Crippen molar-refractivity contribution in [2.75, 3.05) is 47.6 Å². The maximum Gasteiger partial charge on any atom is 0.203 e. The molecule has 2 rings (SSSR count). The number of benzene rings is 1. The quantitative estimate of drug-likeness (QED) is 0.768. The highest BCUT2D eigenvalue weighted by molar-refractivity contribution is 5.82. The molecule has 0 radical (unpaired) electrons. The third kappa shape index (κ3) is 4.36. The minimum absolute atomic E-state index is 0.0282. The molecule has 0 saturated carbocycles. The zero-order valence-electron chi connectivity index (χ0n) is 14.4. The average molecular weight is 322 g/mol. The largest absolute Gasteiger partial charge is 0.497 e. The lowest BCUT2D eigenvalue weighted by Gasteiger charge is -2.34. The van der Waals surface area contributed by atoms with Crippen molar-refractivity contribution in [2.24, 2.45) is 4.99 Å². The van der Waals surface area contributed by atoms with Crippen LogP contribution < -0.4 is 9.47 Å². The monoisotopic (exact) mass is 322 g/mol. The second-order valence-corrected chi connectivity index (χ2v) is 5.27. The van der Waals surface area contributed by atoms with Crippen molar-refractivity contribution in [1.82, 2.24) is 4.90 Å². The molecular weight excluding hydrogens is 296 g/mol. The Morgan fingerprint density at radius 2 is 2.04 bits per heavy atom. The molecular formula is C17H26N2O4. The van der Waals surface area contributed by atoms with Crippen LogP contribution in [0.2, 0.25) is 0 Å². The smallest absolute Gasteiger partial charge is 0.203 e. The van der Waals surface area contributed by atoms with E-state index in [0.717, 1.165) is 42.6 Å². The van der Waals surface area contributed by atoms with E-state index in [1.807, 2.05) is 25.1 Å². The first kappa shape index (κ1) is 17.6. The van der Waals surface area contributed by atoms with Crippen molar-refractivity contribution in [1.29, 1.82) is 0 Å². The highest BCUT2D eigenvalue weighted by Gasteiger charge is 2.29. The topological polar surface area (TPSA) is 52.5 Å². The average Bonchev–Trinajstić information content (AvgIpc) is 2.58. The van der Waals surface area contributed by atoms with Crippen LogP contribution in [-0.4, -0.2) is 64.5 Å². The third-order valence-electron chi connectivity index (χ3n) is 3.87. The molecule has 1 atom stereocenters. The summed E-state index contributed by atoms with van der Waals surface area (Å²) in [6.07, 6.45) is 0. The van der Waals surface area contributed by atoms with Gasteiger partial charge in [0.2, 0.25) is 5.90 Å². The summed E-state index contributed by atoms with van der Waals surface area (Å²) in [5.74, 6) is 2.36. The molecule has 1 aliphatic heterocycles. The van der Waals surface area contributed by atoms with Crippen LogP contribution >= 0.6 is 0 Å². The number of aliphatic imine (C=N–C) groups is 1. The van der Waals surface area contributed by atoms with E-state index < -0.39 is 0 Å². The summed E-state index contributed by atoms with van der Waals surface area (Å²) >= 11 is 0. The van der Waals surface area contributed by atoms with E-state index in [4.69, 9.17) is 18.9 Å². The summed E-state index contributed by atoms with van der Waals surface area (Å²) in [5.41, 5.74) is 1.10. The summed E-state index contributed by atoms with van der Waals surface area (Å²) in [4.78, 5) is 6.81. The summed E-state index contributed by atoms with van der Waals surface area (Å²) in [7, 11) is 5.02. The minimum Gasteiger partial charge on any atom is -0.497 e. The van der Waals surface area contributed by atoms with Crippen molar-refractivity contribution in [3.8, 4) is 11.5 Å². The molecule has 6 nitrogen and oxygen atoms in total.